The van der Waals surface area contributed by atoms with Gasteiger partial charge in [-0.3, -0.25) is 0 Å². The van der Waals surface area contributed by atoms with Crippen LogP contribution in [0.2, 0.25) is 0 Å². The number of rotatable bonds is 3. The van der Waals surface area contributed by atoms with E-state index >= 15 is 0 Å². The van der Waals surface area contributed by atoms with Gasteiger partial charge in [-0.1, -0.05) is 6.07 Å². The van der Waals surface area contributed by atoms with Crippen molar-refractivity contribution in [3.63, 3.8) is 0 Å². The van der Waals surface area contributed by atoms with E-state index in [0.717, 1.165) is 31.1 Å². The number of benzene rings is 1. The quantitative estimate of drug-likeness (QED) is 0.886. The van der Waals surface area contributed by atoms with Gasteiger partial charge in [0.05, 0.1) is 6.61 Å². The van der Waals surface area contributed by atoms with Crippen molar-refractivity contribution in [2.24, 2.45) is 5.92 Å². The Hall–Kier alpha value is -1.26. The van der Waals surface area contributed by atoms with Crippen LogP contribution >= 0.6 is 0 Å². The molecule has 4 nitrogen and oxygen atoms in total. The molecule has 0 aliphatic carbocycles. The largest absolute Gasteiger partial charge is 0.486 e. The molecule has 1 aromatic carbocycles. The lowest BCUT2D eigenvalue weighted by molar-refractivity contribution is 0.170. The molecule has 0 aromatic heterocycles. The Labute approximate surface area is 107 Å². The average molecular weight is 249 g/mol. The molecule has 0 bridgehead atoms. The number of hydrogen-bond acceptors (Lipinski definition) is 4. The van der Waals surface area contributed by atoms with Crippen LogP contribution in [0.4, 0.5) is 0 Å². The molecule has 98 valence electrons. The van der Waals surface area contributed by atoms with Crippen LogP contribution < -0.4 is 14.8 Å². The lowest BCUT2D eigenvalue weighted by atomic mass is 9.92. The first kappa shape index (κ1) is 11.8. The third-order valence-electron chi connectivity index (χ3n) is 3.67. The zero-order chi connectivity index (χ0) is 12.4. The van der Waals surface area contributed by atoms with Crippen molar-refractivity contribution in [1.82, 2.24) is 5.32 Å². The number of nitrogens with one attached hydrogen (secondary N) is 1. The van der Waals surface area contributed by atoms with Crippen molar-refractivity contribution < 1.29 is 14.2 Å². The Morgan fingerprint density at radius 1 is 1.17 bits per heavy atom. The van der Waals surface area contributed by atoms with Gasteiger partial charge in [-0.2, -0.15) is 0 Å². The molecule has 0 spiro atoms. The van der Waals surface area contributed by atoms with E-state index in [1.165, 1.54) is 5.56 Å². The first-order chi connectivity index (χ1) is 8.88. The minimum Gasteiger partial charge on any atom is -0.486 e. The van der Waals surface area contributed by atoms with Gasteiger partial charge in [-0.15, -0.1) is 0 Å². The second-order valence-corrected chi connectivity index (χ2v) is 4.79. The monoisotopic (exact) mass is 249 g/mol. The highest BCUT2D eigenvalue weighted by molar-refractivity contribution is 5.44. The Balaban J connectivity index is 1.85. The number of fused-ring (bicyclic) bond motifs is 1. The smallest absolute Gasteiger partial charge is 0.161 e. The molecule has 1 saturated heterocycles. The summed E-state index contributed by atoms with van der Waals surface area (Å²) < 4.78 is 16.7. The third-order valence-corrected chi connectivity index (χ3v) is 3.67. The summed E-state index contributed by atoms with van der Waals surface area (Å²) in [6.07, 6.45) is 1.11. The van der Waals surface area contributed by atoms with Crippen LogP contribution in [-0.4, -0.2) is 33.5 Å². The normalized spacial score (nSPS) is 23.9. The predicted molar refractivity (Wildman–Crippen MR) is 68.2 cm³/mol. The van der Waals surface area contributed by atoms with Crippen LogP contribution in [0.25, 0.3) is 0 Å². The fourth-order valence-corrected chi connectivity index (χ4v) is 2.74. The molecule has 1 N–H and O–H groups in total. The molecule has 2 heterocycles. The van der Waals surface area contributed by atoms with Gasteiger partial charge in [0.2, 0.25) is 0 Å². The SMILES string of the molecule is CNC(c1ccc2c(c1)OCCO2)C1CCOC1. The van der Waals surface area contributed by atoms with Gasteiger partial charge in [0.25, 0.3) is 0 Å². The molecule has 0 saturated carbocycles. The van der Waals surface area contributed by atoms with Gasteiger partial charge < -0.3 is 19.5 Å². The second kappa shape index (κ2) is 5.16. The molecule has 4 heteroatoms. The topological polar surface area (TPSA) is 39.7 Å². The highest BCUT2D eigenvalue weighted by Crippen LogP contribution is 2.36. The summed E-state index contributed by atoms with van der Waals surface area (Å²) in [6.45, 7) is 2.97. The lowest BCUT2D eigenvalue weighted by Crippen LogP contribution is -2.26. The van der Waals surface area contributed by atoms with Crippen LogP contribution in [0.15, 0.2) is 18.2 Å². The summed E-state index contributed by atoms with van der Waals surface area (Å²) in [4.78, 5) is 0. The Kier molecular flexibility index (Phi) is 3.39. The molecule has 3 rings (SSSR count). The Morgan fingerprint density at radius 2 is 2.00 bits per heavy atom. The maximum atomic E-state index is 5.64. The van der Waals surface area contributed by atoms with E-state index in [9.17, 15) is 0 Å². The molecule has 1 fully saturated rings. The zero-order valence-electron chi connectivity index (χ0n) is 10.6. The molecule has 2 unspecified atom stereocenters. The molecule has 18 heavy (non-hydrogen) atoms. The van der Waals surface area contributed by atoms with Gasteiger partial charge in [0.15, 0.2) is 11.5 Å². The van der Waals surface area contributed by atoms with Crippen LogP contribution in [0.5, 0.6) is 11.5 Å². The first-order valence-corrected chi connectivity index (χ1v) is 6.53. The van der Waals surface area contributed by atoms with E-state index < -0.39 is 0 Å². The standard InChI is InChI=1S/C14H19NO3/c1-15-14(11-4-5-16-9-11)10-2-3-12-13(8-10)18-7-6-17-12/h2-3,8,11,14-15H,4-7,9H2,1H3. The van der Waals surface area contributed by atoms with E-state index in [1.54, 1.807) is 0 Å². The zero-order valence-corrected chi connectivity index (χ0v) is 10.6. The maximum Gasteiger partial charge on any atom is 0.161 e. The fraction of sp³-hybridized carbons (Fsp3) is 0.571. The van der Waals surface area contributed by atoms with Gasteiger partial charge in [-0.05, 0) is 31.2 Å². The summed E-state index contributed by atoms with van der Waals surface area (Å²) in [6, 6.07) is 6.54. The van der Waals surface area contributed by atoms with E-state index in [4.69, 9.17) is 14.2 Å². The summed E-state index contributed by atoms with van der Waals surface area (Å²) in [5, 5.41) is 3.39. The molecule has 0 amide bonds. The van der Waals surface area contributed by atoms with Gasteiger partial charge in [0, 0.05) is 18.6 Å². The molecule has 2 aliphatic heterocycles. The average Bonchev–Trinajstić information content (AvgIpc) is 2.93. The summed E-state index contributed by atoms with van der Waals surface area (Å²) in [5.74, 6) is 2.25. The Bertz CT molecular complexity index is 416. The van der Waals surface area contributed by atoms with E-state index in [-0.39, 0.29) is 0 Å². The molecular formula is C14H19NO3. The Morgan fingerprint density at radius 3 is 2.72 bits per heavy atom. The van der Waals surface area contributed by atoms with E-state index in [0.29, 0.717) is 25.2 Å². The number of hydrogen-bond donors (Lipinski definition) is 1. The van der Waals surface area contributed by atoms with Crippen molar-refractivity contribution in [2.45, 2.75) is 12.5 Å². The third kappa shape index (κ3) is 2.18. The van der Waals surface area contributed by atoms with Crippen LogP contribution in [0.1, 0.15) is 18.0 Å². The highest BCUT2D eigenvalue weighted by atomic mass is 16.6. The van der Waals surface area contributed by atoms with Crippen LogP contribution in [0.3, 0.4) is 0 Å². The van der Waals surface area contributed by atoms with Gasteiger partial charge in [0.1, 0.15) is 13.2 Å². The van der Waals surface area contributed by atoms with Crippen LogP contribution in [-0.2, 0) is 4.74 Å². The molecule has 0 radical (unpaired) electrons. The number of ether oxygens (including phenoxy) is 3. The second-order valence-electron chi connectivity index (χ2n) is 4.79. The molecule has 2 aliphatic rings. The minimum atomic E-state index is 0.323. The van der Waals surface area contributed by atoms with Crippen molar-refractivity contribution in [3.8, 4) is 11.5 Å². The van der Waals surface area contributed by atoms with Gasteiger partial charge >= 0.3 is 0 Å². The molecule has 1 aromatic rings. The van der Waals surface area contributed by atoms with Crippen molar-refractivity contribution in [3.05, 3.63) is 23.8 Å². The van der Waals surface area contributed by atoms with E-state index in [1.807, 2.05) is 13.1 Å². The highest BCUT2D eigenvalue weighted by Gasteiger charge is 2.27. The maximum absolute atomic E-state index is 5.64. The van der Waals surface area contributed by atoms with Crippen molar-refractivity contribution in [2.75, 3.05) is 33.5 Å². The molecular weight excluding hydrogens is 230 g/mol. The predicted octanol–water partition coefficient (Wildman–Crippen LogP) is 1.75. The van der Waals surface area contributed by atoms with Gasteiger partial charge in [-0.25, -0.2) is 0 Å². The summed E-state index contributed by atoms with van der Waals surface area (Å²) >= 11 is 0. The van der Waals surface area contributed by atoms with E-state index in [2.05, 4.69) is 17.4 Å². The fourth-order valence-electron chi connectivity index (χ4n) is 2.74. The minimum absolute atomic E-state index is 0.323. The summed E-state index contributed by atoms with van der Waals surface area (Å²) in [7, 11) is 2.00. The first-order valence-electron chi connectivity index (χ1n) is 6.53. The van der Waals surface area contributed by atoms with Crippen molar-refractivity contribution in [1.29, 1.82) is 0 Å². The summed E-state index contributed by atoms with van der Waals surface area (Å²) in [5.41, 5.74) is 1.25. The molecule has 2 atom stereocenters. The van der Waals surface area contributed by atoms with Crippen LogP contribution in [0, 0.1) is 5.92 Å². The van der Waals surface area contributed by atoms with Crippen molar-refractivity contribution >= 4 is 0 Å². The lowest BCUT2D eigenvalue weighted by Gasteiger charge is -2.25.